The number of carboxylic acid groups (broad SMARTS) is 1. The summed E-state index contributed by atoms with van der Waals surface area (Å²) in [5.74, 6) is -1.57. The van der Waals surface area contributed by atoms with E-state index in [1.807, 2.05) is 30.3 Å². The number of hydrogen-bond acceptors (Lipinski definition) is 3. The van der Waals surface area contributed by atoms with Crippen LogP contribution >= 0.6 is 0 Å². The Bertz CT molecular complexity index is 613. The highest BCUT2D eigenvalue weighted by molar-refractivity contribution is 5.85. The Morgan fingerprint density at radius 2 is 1.59 bits per heavy atom. The minimum Gasteiger partial charge on any atom is -0.479 e. The molecule has 5 nitrogen and oxygen atoms in total. The molecule has 0 heterocycles. The number of benzene rings is 2. The lowest BCUT2D eigenvalue weighted by Gasteiger charge is -2.15. The van der Waals surface area contributed by atoms with Gasteiger partial charge in [0.15, 0.2) is 6.04 Å². The summed E-state index contributed by atoms with van der Waals surface area (Å²) < 4.78 is 5.29. The van der Waals surface area contributed by atoms with Gasteiger partial charge in [-0.15, -0.1) is 0 Å². The standard InChI is InChI=1S/C17H17NO4/c19-15(12-22-11-13-7-3-1-4-8-13)18-16(17(20)21)14-9-5-2-6-10-14/h1-10,16H,11-12H2,(H,18,19)(H,20,21). The van der Waals surface area contributed by atoms with E-state index in [-0.39, 0.29) is 6.61 Å². The maximum atomic E-state index is 11.8. The molecule has 2 aromatic carbocycles. The molecule has 1 atom stereocenters. The predicted molar refractivity (Wildman–Crippen MR) is 81.1 cm³/mol. The van der Waals surface area contributed by atoms with Gasteiger partial charge in [0, 0.05) is 0 Å². The normalized spacial score (nSPS) is 11.6. The first-order valence-electron chi connectivity index (χ1n) is 6.85. The van der Waals surface area contributed by atoms with Crippen LogP contribution in [0.2, 0.25) is 0 Å². The number of carbonyl (C=O) groups is 2. The average Bonchev–Trinajstić information content (AvgIpc) is 2.54. The Morgan fingerprint density at radius 1 is 1.00 bits per heavy atom. The molecule has 0 saturated carbocycles. The summed E-state index contributed by atoms with van der Waals surface area (Å²) in [7, 11) is 0. The second kappa shape index (κ2) is 7.95. The van der Waals surface area contributed by atoms with Gasteiger partial charge < -0.3 is 15.2 Å². The van der Waals surface area contributed by atoms with Crippen molar-refractivity contribution >= 4 is 11.9 Å². The largest absolute Gasteiger partial charge is 0.479 e. The summed E-state index contributed by atoms with van der Waals surface area (Å²) in [6.07, 6.45) is 0. The Labute approximate surface area is 128 Å². The number of aliphatic carboxylic acids is 1. The highest BCUT2D eigenvalue weighted by Gasteiger charge is 2.21. The molecular weight excluding hydrogens is 282 g/mol. The molecule has 0 fully saturated rings. The molecule has 0 aliphatic carbocycles. The van der Waals surface area contributed by atoms with Crippen molar-refractivity contribution in [2.45, 2.75) is 12.6 Å². The third-order valence-electron chi connectivity index (χ3n) is 3.03. The van der Waals surface area contributed by atoms with Crippen molar-refractivity contribution in [1.29, 1.82) is 0 Å². The Hall–Kier alpha value is -2.66. The first kappa shape index (κ1) is 15.7. The van der Waals surface area contributed by atoms with Gasteiger partial charge in [-0.3, -0.25) is 4.79 Å². The second-order valence-corrected chi connectivity index (χ2v) is 4.73. The quantitative estimate of drug-likeness (QED) is 0.821. The first-order valence-corrected chi connectivity index (χ1v) is 6.85. The van der Waals surface area contributed by atoms with Crippen molar-refractivity contribution in [2.24, 2.45) is 0 Å². The maximum absolute atomic E-state index is 11.8. The molecule has 1 amide bonds. The molecule has 1 unspecified atom stereocenters. The molecule has 0 saturated heterocycles. The van der Waals surface area contributed by atoms with E-state index in [1.165, 1.54) is 0 Å². The summed E-state index contributed by atoms with van der Waals surface area (Å²) in [4.78, 5) is 23.1. The zero-order valence-electron chi connectivity index (χ0n) is 11.9. The van der Waals surface area contributed by atoms with Crippen molar-refractivity contribution in [1.82, 2.24) is 5.32 Å². The van der Waals surface area contributed by atoms with E-state index in [2.05, 4.69) is 5.32 Å². The molecule has 0 aliphatic heterocycles. The molecule has 22 heavy (non-hydrogen) atoms. The monoisotopic (exact) mass is 299 g/mol. The zero-order chi connectivity index (χ0) is 15.8. The van der Waals surface area contributed by atoms with Crippen molar-refractivity contribution < 1.29 is 19.4 Å². The molecule has 2 N–H and O–H groups in total. The highest BCUT2D eigenvalue weighted by Crippen LogP contribution is 2.12. The van der Waals surface area contributed by atoms with Gasteiger partial charge in [0.2, 0.25) is 5.91 Å². The van der Waals surface area contributed by atoms with E-state index in [4.69, 9.17) is 4.74 Å². The lowest BCUT2D eigenvalue weighted by atomic mass is 10.1. The van der Waals surface area contributed by atoms with Crippen LogP contribution in [0, 0.1) is 0 Å². The van der Waals surface area contributed by atoms with Gasteiger partial charge in [-0.05, 0) is 11.1 Å². The van der Waals surface area contributed by atoms with Crippen LogP contribution in [0.4, 0.5) is 0 Å². The predicted octanol–water partition coefficient (Wildman–Crippen LogP) is 2.15. The summed E-state index contributed by atoms with van der Waals surface area (Å²) in [5.41, 5.74) is 1.47. The minimum absolute atomic E-state index is 0.189. The molecular formula is C17H17NO4. The SMILES string of the molecule is O=C(COCc1ccccc1)NC(C(=O)O)c1ccccc1. The average molecular weight is 299 g/mol. The van der Waals surface area contributed by atoms with Crippen molar-refractivity contribution in [3.05, 3.63) is 71.8 Å². The van der Waals surface area contributed by atoms with Gasteiger partial charge in [-0.2, -0.15) is 0 Å². The van der Waals surface area contributed by atoms with E-state index in [0.29, 0.717) is 12.2 Å². The van der Waals surface area contributed by atoms with E-state index in [1.54, 1.807) is 30.3 Å². The first-order chi connectivity index (χ1) is 10.7. The van der Waals surface area contributed by atoms with Gasteiger partial charge in [-0.25, -0.2) is 4.79 Å². The lowest BCUT2D eigenvalue weighted by molar-refractivity contribution is -0.142. The number of carboxylic acids is 1. The van der Waals surface area contributed by atoms with Crippen molar-refractivity contribution in [3.63, 3.8) is 0 Å². The molecule has 0 radical (unpaired) electrons. The van der Waals surface area contributed by atoms with E-state index in [0.717, 1.165) is 5.56 Å². The van der Waals surface area contributed by atoms with Crippen LogP contribution in [0.25, 0.3) is 0 Å². The van der Waals surface area contributed by atoms with Gasteiger partial charge in [0.1, 0.15) is 6.61 Å². The Morgan fingerprint density at radius 3 is 2.18 bits per heavy atom. The number of carbonyl (C=O) groups excluding carboxylic acids is 1. The van der Waals surface area contributed by atoms with Crippen LogP contribution in [0.1, 0.15) is 17.2 Å². The van der Waals surface area contributed by atoms with E-state index >= 15 is 0 Å². The van der Waals surface area contributed by atoms with Crippen molar-refractivity contribution in [2.75, 3.05) is 6.61 Å². The molecule has 2 rings (SSSR count). The number of nitrogens with one attached hydrogen (secondary N) is 1. The lowest BCUT2D eigenvalue weighted by Crippen LogP contribution is -2.36. The molecule has 5 heteroatoms. The van der Waals surface area contributed by atoms with Gasteiger partial charge in [-0.1, -0.05) is 60.7 Å². The third-order valence-corrected chi connectivity index (χ3v) is 3.03. The number of amides is 1. The zero-order valence-corrected chi connectivity index (χ0v) is 11.9. The molecule has 114 valence electrons. The highest BCUT2D eigenvalue weighted by atomic mass is 16.5. The number of rotatable bonds is 7. The molecule has 0 bridgehead atoms. The number of ether oxygens (including phenoxy) is 1. The molecule has 0 spiro atoms. The summed E-state index contributed by atoms with van der Waals surface area (Å²) in [6.45, 7) is 0.114. The Balaban J connectivity index is 1.85. The fraction of sp³-hybridized carbons (Fsp3) is 0.176. The fourth-order valence-corrected chi connectivity index (χ4v) is 1.97. The third kappa shape index (κ3) is 4.71. The maximum Gasteiger partial charge on any atom is 0.330 e. The molecule has 0 aromatic heterocycles. The minimum atomic E-state index is -1.11. The van der Waals surface area contributed by atoms with Crippen LogP contribution in [-0.4, -0.2) is 23.6 Å². The van der Waals surface area contributed by atoms with Crippen LogP contribution in [0.5, 0.6) is 0 Å². The Kier molecular flexibility index (Phi) is 5.68. The summed E-state index contributed by atoms with van der Waals surface area (Å²) >= 11 is 0. The van der Waals surface area contributed by atoms with Crippen LogP contribution in [-0.2, 0) is 20.9 Å². The van der Waals surface area contributed by atoms with Crippen LogP contribution < -0.4 is 5.32 Å². The fourth-order valence-electron chi connectivity index (χ4n) is 1.97. The van der Waals surface area contributed by atoms with Crippen LogP contribution in [0.15, 0.2) is 60.7 Å². The van der Waals surface area contributed by atoms with Crippen molar-refractivity contribution in [3.8, 4) is 0 Å². The van der Waals surface area contributed by atoms with Gasteiger partial charge in [0.05, 0.1) is 6.61 Å². The van der Waals surface area contributed by atoms with Crippen LogP contribution in [0.3, 0.4) is 0 Å². The summed E-state index contributed by atoms with van der Waals surface area (Å²) in [5, 5.41) is 11.7. The van der Waals surface area contributed by atoms with E-state index < -0.39 is 17.9 Å². The van der Waals surface area contributed by atoms with Gasteiger partial charge >= 0.3 is 5.97 Å². The number of hydrogen-bond donors (Lipinski definition) is 2. The molecule has 2 aromatic rings. The topological polar surface area (TPSA) is 75.6 Å². The molecule has 0 aliphatic rings. The smallest absolute Gasteiger partial charge is 0.330 e. The van der Waals surface area contributed by atoms with E-state index in [9.17, 15) is 14.7 Å². The second-order valence-electron chi connectivity index (χ2n) is 4.73. The summed E-state index contributed by atoms with van der Waals surface area (Å²) in [6, 6.07) is 16.9. The van der Waals surface area contributed by atoms with Gasteiger partial charge in [0.25, 0.3) is 0 Å².